The molecule has 0 aliphatic heterocycles. The first-order valence-electron chi connectivity index (χ1n) is 4.38. The number of hydrogen-bond donors (Lipinski definition) is 1. The molecular formula is C11H11NO. The minimum atomic E-state index is 0.250. The molecule has 1 aromatic carbocycles. The fourth-order valence-corrected chi connectivity index (χ4v) is 1.38. The van der Waals surface area contributed by atoms with Crippen molar-refractivity contribution in [1.29, 1.82) is 0 Å². The van der Waals surface area contributed by atoms with Crippen LogP contribution in [0.2, 0.25) is 0 Å². The molecule has 2 heteroatoms. The lowest BCUT2D eigenvalue weighted by atomic mass is 10.1. The number of nitrogens with zero attached hydrogens (tertiary/aromatic N) is 1. The van der Waals surface area contributed by atoms with E-state index in [4.69, 9.17) is 0 Å². The molecule has 0 spiro atoms. The Morgan fingerprint density at radius 2 is 2.23 bits per heavy atom. The predicted molar refractivity (Wildman–Crippen MR) is 52.8 cm³/mol. The van der Waals surface area contributed by atoms with Gasteiger partial charge in [-0.15, -0.1) is 0 Å². The van der Waals surface area contributed by atoms with Crippen molar-refractivity contribution in [1.82, 2.24) is 4.98 Å². The molecule has 0 radical (unpaired) electrons. The average molecular weight is 173 g/mol. The molecule has 0 amide bonds. The molecule has 0 saturated carbocycles. The molecule has 2 aromatic rings. The Morgan fingerprint density at radius 1 is 1.38 bits per heavy atom. The van der Waals surface area contributed by atoms with E-state index in [0.29, 0.717) is 5.52 Å². The van der Waals surface area contributed by atoms with Gasteiger partial charge in [-0.3, -0.25) is 4.98 Å². The molecule has 0 atom stereocenters. The van der Waals surface area contributed by atoms with Crippen LogP contribution in [0.15, 0.2) is 30.5 Å². The first-order valence-corrected chi connectivity index (χ1v) is 4.38. The SMILES string of the molecule is CCc1cnc2c(O)cccc2c1. The molecule has 0 aliphatic rings. The van der Waals surface area contributed by atoms with Crippen molar-refractivity contribution < 1.29 is 5.11 Å². The Kier molecular flexibility index (Phi) is 1.89. The summed E-state index contributed by atoms with van der Waals surface area (Å²) in [5.41, 5.74) is 1.87. The largest absolute Gasteiger partial charge is 0.506 e. The zero-order chi connectivity index (χ0) is 9.26. The third kappa shape index (κ3) is 1.35. The standard InChI is InChI=1S/C11H11NO/c1-2-8-6-9-4-3-5-10(13)11(9)12-7-8/h3-7,13H,2H2,1H3. The van der Waals surface area contributed by atoms with Crippen molar-refractivity contribution in [3.05, 3.63) is 36.0 Å². The number of pyridine rings is 1. The first kappa shape index (κ1) is 8.05. The lowest BCUT2D eigenvalue weighted by molar-refractivity contribution is 0.480. The smallest absolute Gasteiger partial charge is 0.141 e. The van der Waals surface area contributed by atoms with Gasteiger partial charge in [-0.2, -0.15) is 0 Å². The number of rotatable bonds is 1. The molecule has 2 nitrogen and oxygen atoms in total. The molecule has 0 unspecified atom stereocenters. The van der Waals surface area contributed by atoms with Crippen LogP contribution in [0.1, 0.15) is 12.5 Å². The quantitative estimate of drug-likeness (QED) is 0.718. The highest BCUT2D eigenvalue weighted by atomic mass is 16.3. The average Bonchev–Trinajstić information content (AvgIpc) is 2.18. The first-order chi connectivity index (χ1) is 6.31. The monoisotopic (exact) mass is 173 g/mol. The van der Waals surface area contributed by atoms with Gasteiger partial charge < -0.3 is 5.11 Å². The van der Waals surface area contributed by atoms with Gasteiger partial charge in [-0.25, -0.2) is 0 Å². The van der Waals surface area contributed by atoms with Crippen LogP contribution >= 0.6 is 0 Å². The van der Waals surface area contributed by atoms with Crippen molar-refractivity contribution in [2.24, 2.45) is 0 Å². The lowest BCUT2D eigenvalue weighted by Gasteiger charge is -2.01. The number of phenols is 1. The van der Waals surface area contributed by atoms with Crippen molar-refractivity contribution in [3.63, 3.8) is 0 Å². The van der Waals surface area contributed by atoms with E-state index in [0.717, 1.165) is 11.8 Å². The van der Waals surface area contributed by atoms with Gasteiger partial charge in [0.25, 0.3) is 0 Å². The van der Waals surface area contributed by atoms with E-state index >= 15 is 0 Å². The summed E-state index contributed by atoms with van der Waals surface area (Å²) in [6, 6.07) is 7.50. The van der Waals surface area contributed by atoms with Crippen LogP contribution in [0.4, 0.5) is 0 Å². The Labute approximate surface area is 76.9 Å². The Hall–Kier alpha value is -1.57. The normalized spacial score (nSPS) is 10.5. The number of fused-ring (bicyclic) bond motifs is 1. The third-order valence-electron chi connectivity index (χ3n) is 2.15. The molecule has 1 heterocycles. The summed E-state index contributed by atoms with van der Waals surface area (Å²) in [7, 11) is 0. The maximum absolute atomic E-state index is 9.47. The van der Waals surface area contributed by atoms with E-state index in [-0.39, 0.29) is 5.75 Å². The molecule has 66 valence electrons. The van der Waals surface area contributed by atoms with Crippen LogP contribution in [0, 0.1) is 0 Å². The van der Waals surface area contributed by atoms with Gasteiger partial charge in [0.2, 0.25) is 0 Å². The van der Waals surface area contributed by atoms with Crippen LogP contribution < -0.4 is 0 Å². The highest BCUT2D eigenvalue weighted by molar-refractivity contribution is 5.84. The van der Waals surface area contributed by atoms with Crippen LogP contribution in [-0.2, 0) is 6.42 Å². The van der Waals surface area contributed by atoms with E-state index in [1.807, 2.05) is 18.3 Å². The van der Waals surface area contributed by atoms with Crippen molar-refractivity contribution in [2.45, 2.75) is 13.3 Å². The van der Waals surface area contributed by atoms with E-state index in [1.54, 1.807) is 6.07 Å². The van der Waals surface area contributed by atoms with Crippen molar-refractivity contribution >= 4 is 10.9 Å². The third-order valence-corrected chi connectivity index (χ3v) is 2.15. The van der Waals surface area contributed by atoms with Gasteiger partial charge in [-0.1, -0.05) is 19.1 Å². The number of benzene rings is 1. The molecule has 13 heavy (non-hydrogen) atoms. The maximum Gasteiger partial charge on any atom is 0.141 e. The van der Waals surface area contributed by atoms with Crippen LogP contribution in [0.25, 0.3) is 10.9 Å². The van der Waals surface area contributed by atoms with Crippen molar-refractivity contribution in [2.75, 3.05) is 0 Å². The number of phenolic OH excluding ortho intramolecular Hbond substituents is 1. The van der Waals surface area contributed by atoms with Gasteiger partial charge >= 0.3 is 0 Å². The Bertz CT molecular complexity index is 437. The second-order valence-electron chi connectivity index (χ2n) is 3.05. The molecular weight excluding hydrogens is 162 g/mol. The number of aromatic hydroxyl groups is 1. The zero-order valence-corrected chi connectivity index (χ0v) is 7.49. The maximum atomic E-state index is 9.47. The molecule has 0 saturated heterocycles. The van der Waals surface area contributed by atoms with E-state index in [9.17, 15) is 5.11 Å². The van der Waals surface area contributed by atoms with E-state index in [2.05, 4.69) is 18.0 Å². The number of aromatic nitrogens is 1. The van der Waals surface area contributed by atoms with Gasteiger partial charge in [0, 0.05) is 11.6 Å². The summed E-state index contributed by atoms with van der Waals surface area (Å²) in [5, 5.41) is 10.5. The minimum absolute atomic E-state index is 0.250. The molecule has 2 rings (SSSR count). The van der Waals surface area contributed by atoms with Gasteiger partial charge in [0.05, 0.1) is 0 Å². The summed E-state index contributed by atoms with van der Waals surface area (Å²) in [5.74, 6) is 0.250. The van der Waals surface area contributed by atoms with Gasteiger partial charge in [-0.05, 0) is 24.1 Å². The molecule has 1 aromatic heterocycles. The Balaban J connectivity index is 2.72. The lowest BCUT2D eigenvalue weighted by Crippen LogP contribution is -1.84. The van der Waals surface area contributed by atoms with Crippen molar-refractivity contribution in [3.8, 4) is 5.75 Å². The highest BCUT2D eigenvalue weighted by Crippen LogP contribution is 2.22. The minimum Gasteiger partial charge on any atom is -0.506 e. The summed E-state index contributed by atoms with van der Waals surface area (Å²) in [6.45, 7) is 2.09. The van der Waals surface area contributed by atoms with Gasteiger partial charge in [0.1, 0.15) is 11.3 Å². The zero-order valence-electron chi connectivity index (χ0n) is 7.49. The number of aryl methyl sites for hydroxylation is 1. The molecule has 0 bridgehead atoms. The topological polar surface area (TPSA) is 33.1 Å². The number of para-hydroxylation sites is 1. The molecule has 0 aliphatic carbocycles. The summed E-state index contributed by atoms with van der Waals surface area (Å²) in [4.78, 5) is 4.20. The van der Waals surface area contributed by atoms with Crippen LogP contribution in [0.5, 0.6) is 5.75 Å². The molecule has 1 N–H and O–H groups in total. The second kappa shape index (κ2) is 3.05. The fourth-order valence-electron chi connectivity index (χ4n) is 1.38. The number of hydrogen-bond acceptors (Lipinski definition) is 2. The highest BCUT2D eigenvalue weighted by Gasteiger charge is 2.00. The van der Waals surface area contributed by atoms with Crippen LogP contribution in [-0.4, -0.2) is 10.1 Å². The molecule has 0 fully saturated rings. The van der Waals surface area contributed by atoms with Crippen LogP contribution in [0.3, 0.4) is 0 Å². The summed E-state index contributed by atoms with van der Waals surface area (Å²) < 4.78 is 0. The Morgan fingerprint density at radius 3 is 3.00 bits per heavy atom. The fraction of sp³-hybridized carbons (Fsp3) is 0.182. The van der Waals surface area contributed by atoms with E-state index < -0.39 is 0 Å². The predicted octanol–water partition coefficient (Wildman–Crippen LogP) is 2.50. The summed E-state index contributed by atoms with van der Waals surface area (Å²) >= 11 is 0. The van der Waals surface area contributed by atoms with E-state index in [1.165, 1.54) is 5.56 Å². The van der Waals surface area contributed by atoms with Gasteiger partial charge in [0.15, 0.2) is 0 Å². The second-order valence-corrected chi connectivity index (χ2v) is 3.05. The summed E-state index contributed by atoms with van der Waals surface area (Å²) in [6.07, 6.45) is 2.78.